The van der Waals surface area contributed by atoms with Crippen molar-refractivity contribution < 1.29 is 0 Å². The number of rotatable bonds is 5. The number of guanidine groups is 1. The maximum absolute atomic E-state index is 4.67. The van der Waals surface area contributed by atoms with Crippen LogP contribution in [-0.4, -0.2) is 34.1 Å². The fourth-order valence-corrected chi connectivity index (χ4v) is 3.60. The Balaban J connectivity index is 1.54. The molecule has 0 bridgehead atoms. The summed E-state index contributed by atoms with van der Waals surface area (Å²) in [7, 11) is 3.82. The molecule has 7 heteroatoms. The average molecular weight is 356 g/mol. The second kappa shape index (κ2) is 7.65. The fraction of sp³-hybridized carbons (Fsp3) is 0.389. The summed E-state index contributed by atoms with van der Waals surface area (Å²) in [5, 5.41) is 7.83. The Bertz CT molecular complexity index is 873. The zero-order chi connectivity index (χ0) is 17.8. The van der Waals surface area contributed by atoms with Gasteiger partial charge in [-0.15, -0.1) is 11.3 Å². The van der Waals surface area contributed by atoms with Crippen LogP contribution in [0.2, 0.25) is 0 Å². The van der Waals surface area contributed by atoms with E-state index in [0.717, 1.165) is 46.5 Å². The number of aliphatic imine (C=N–C) groups is 1. The molecule has 2 aromatic heterocycles. The third-order valence-electron chi connectivity index (χ3n) is 4.22. The predicted molar refractivity (Wildman–Crippen MR) is 104 cm³/mol. The van der Waals surface area contributed by atoms with Crippen molar-refractivity contribution in [2.75, 3.05) is 13.6 Å². The molecule has 0 aliphatic heterocycles. The number of fused-ring (bicyclic) bond motifs is 1. The number of para-hydroxylation sites is 2. The lowest BCUT2D eigenvalue weighted by atomic mass is 10.3. The van der Waals surface area contributed by atoms with Crippen LogP contribution in [0, 0.1) is 13.8 Å². The molecule has 0 unspecified atom stereocenters. The Labute approximate surface area is 152 Å². The molecule has 132 valence electrons. The van der Waals surface area contributed by atoms with Crippen LogP contribution in [0.5, 0.6) is 0 Å². The number of hydrogen-bond acceptors (Lipinski definition) is 4. The second-order valence-electron chi connectivity index (χ2n) is 5.93. The minimum atomic E-state index is 0.625. The van der Waals surface area contributed by atoms with E-state index < -0.39 is 0 Å². The molecule has 0 aliphatic rings. The summed E-state index contributed by atoms with van der Waals surface area (Å²) in [6.45, 7) is 5.59. The third kappa shape index (κ3) is 3.99. The standard InChI is InChI=1S/C18H24N6S/c1-12-13(2)25-17(22-12)9-10-20-18(19-3)21-11-16-23-14-7-5-6-8-15(14)24(16)4/h5-8H,9-11H2,1-4H3,(H2,19,20,21). The van der Waals surface area contributed by atoms with Gasteiger partial charge in [0.1, 0.15) is 5.82 Å². The number of thiazole rings is 1. The quantitative estimate of drug-likeness (QED) is 0.545. The minimum Gasteiger partial charge on any atom is -0.356 e. The van der Waals surface area contributed by atoms with Gasteiger partial charge in [-0.1, -0.05) is 12.1 Å². The van der Waals surface area contributed by atoms with E-state index in [-0.39, 0.29) is 0 Å². The van der Waals surface area contributed by atoms with E-state index in [1.165, 1.54) is 4.88 Å². The molecule has 6 nitrogen and oxygen atoms in total. The number of hydrogen-bond donors (Lipinski definition) is 2. The maximum atomic E-state index is 4.67. The van der Waals surface area contributed by atoms with Crippen LogP contribution in [0.4, 0.5) is 0 Å². The number of aromatic nitrogens is 3. The SMILES string of the molecule is CN=C(NCCc1nc(C)c(C)s1)NCc1nc2ccccc2n1C. The molecule has 3 aromatic rings. The lowest BCUT2D eigenvalue weighted by molar-refractivity contribution is 0.733. The Morgan fingerprint density at radius 2 is 2.00 bits per heavy atom. The normalized spacial score (nSPS) is 11.9. The molecule has 1 aromatic carbocycles. The van der Waals surface area contributed by atoms with Crippen LogP contribution in [0.3, 0.4) is 0 Å². The van der Waals surface area contributed by atoms with Gasteiger partial charge in [-0.05, 0) is 26.0 Å². The van der Waals surface area contributed by atoms with Crippen LogP contribution < -0.4 is 10.6 Å². The summed E-state index contributed by atoms with van der Waals surface area (Å²) in [6, 6.07) is 8.15. The Kier molecular flexibility index (Phi) is 5.33. The minimum absolute atomic E-state index is 0.625. The van der Waals surface area contributed by atoms with Gasteiger partial charge in [0, 0.05) is 31.9 Å². The topological polar surface area (TPSA) is 67.1 Å². The van der Waals surface area contributed by atoms with Crippen molar-refractivity contribution in [2.45, 2.75) is 26.8 Å². The van der Waals surface area contributed by atoms with Gasteiger partial charge in [0.25, 0.3) is 0 Å². The highest BCUT2D eigenvalue weighted by molar-refractivity contribution is 7.11. The van der Waals surface area contributed by atoms with E-state index >= 15 is 0 Å². The molecule has 0 fully saturated rings. The lowest BCUT2D eigenvalue weighted by Gasteiger charge is -2.11. The molecule has 0 amide bonds. The van der Waals surface area contributed by atoms with E-state index in [1.54, 1.807) is 18.4 Å². The van der Waals surface area contributed by atoms with Crippen LogP contribution >= 0.6 is 11.3 Å². The Morgan fingerprint density at radius 1 is 1.20 bits per heavy atom. The number of aryl methyl sites for hydroxylation is 3. The molecule has 0 saturated carbocycles. The highest BCUT2D eigenvalue weighted by Gasteiger charge is 2.08. The molecule has 25 heavy (non-hydrogen) atoms. The van der Waals surface area contributed by atoms with E-state index in [1.807, 2.05) is 25.2 Å². The third-order valence-corrected chi connectivity index (χ3v) is 5.35. The van der Waals surface area contributed by atoms with Crippen LogP contribution in [-0.2, 0) is 20.0 Å². The zero-order valence-electron chi connectivity index (χ0n) is 15.1. The van der Waals surface area contributed by atoms with E-state index in [0.29, 0.717) is 6.54 Å². The molecular weight excluding hydrogens is 332 g/mol. The Hall–Kier alpha value is -2.41. The van der Waals surface area contributed by atoms with Crippen molar-refractivity contribution in [3.05, 3.63) is 45.7 Å². The molecule has 2 N–H and O–H groups in total. The summed E-state index contributed by atoms with van der Waals surface area (Å²) in [5.41, 5.74) is 3.28. The Morgan fingerprint density at radius 3 is 2.68 bits per heavy atom. The smallest absolute Gasteiger partial charge is 0.191 e. The highest BCUT2D eigenvalue weighted by Crippen LogP contribution is 2.16. The maximum Gasteiger partial charge on any atom is 0.191 e. The van der Waals surface area contributed by atoms with Gasteiger partial charge >= 0.3 is 0 Å². The number of nitrogens with one attached hydrogen (secondary N) is 2. The monoisotopic (exact) mass is 356 g/mol. The van der Waals surface area contributed by atoms with Crippen LogP contribution in [0.15, 0.2) is 29.3 Å². The number of nitrogens with zero attached hydrogens (tertiary/aromatic N) is 4. The molecule has 0 saturated heterocycles. The van der Waals surface area contributed by atoms with Crippen LogP contribution in [0.1, 0.15) is 21.4 Å². The first kappa shape index (κ1) is 17.4. The van der Waals surface area contributed by atoms with Gasteiger partial charge in [0.05, 0.1) is 28.3 Å². The first-order valence-electron chi connectivity index (χ1n) is 8.36. The van der Waals surface area contributed by atoms with E-state index in [4.69, 9.17) is 0 Å². The summed E-state index contributed by atoms with van der Waals surface area (Å²) in [6.07, 6.45) is 0.895. The summed E-state index contributed by atoms with van der Waals surface area (Å²) in [5.74, 6) is 1.76. The van der Waals surface area contributed by atoms with E-state index in [9.17, 15) is 0 Å². The second-order valence-corrected chi connectivity index (χ2v) is 7.22. The van der Waals surface area contributed by atoms with E-state index in [2.05, 4.69) is 50.1 Å². The van der Waals surface area contributed by atoms with Crippen molar-refractivity contribution in [3.8, 4) is 0 Å². The first-order chi connectivity index (χ1) is 12.1. The number of benzene rings is 1. The number of imidazole rings is 1. The van der Waals surface area contributed by atoms with Crippen molar-refractivity contribution in [1.82, 2.24) is 25.2 Å². The fourth-order valence-electron chi connectivity index (χ4n) is 2.67. The van der Waals surface area contributed by atoms with Gasteiger partial charge in [-0.25, -0.2) is 9.97 Å². The van der Waals surface area contributed by atoms with Crippen molar-refractivity contribution in [2.24, 2.45) is 12.0 Å². The van der Waals surface area contributed by atoms with Gasteiger partial charge in [-0.2, -0.15) is 0 Å². The molecule has 0 spiro atoms. The summed E-state index contributed by atoms with van der Waals surface area (Å²) < 4.78 is 2.11. The lowest BCUT2D eigenvalue weighted by Crippen LogP contribution is -2.38. The van der Waals surface area contributed by atoms with Gasteiger partial charge < -0.3 is 15.2 Å². The molecule has 3 rings (SSSR count). The van der Waals surface area contributed by atoms with Crippen molar-refractivity contribution in [3.63, 3.8) is 0 Å². The van der Waals surface area contributed by atoms with Gasteiger partial charge in [-0.3, -0.25) is 4.99 Å². The zero-order valence-corrected chi connectivity index (χ0v) is 15.9. The molecular formula is C18H24N6S. The molecule has 2 heterocycles. The van der Waals surface area contributed by atoms with Crippen molar-refractivity contribution in [1.29, 1.82) is 0 Å². The molecule has 0 aliphatic carbocycles. The van der Waals surface area contributed by atoms with Crippen molar-refractivity contribution >= 4 is 28.3 Å². The molecule has 0 radical (unpaired) electrons. The summed E-state index contributed by atoms with van der Waals surface area (Å²) in [4.78, 5) is 14.8. The van der Waals surface area contributed by atoms with Crippen LogP contribution in [0.25, 0.3) is 11.0 Å². The largest absolute Gasteiger partial charge is 0.356 e. The molecule has 0 atom stereocenters. The highest BCUT2D eigenvalue weighted by atomic mass is 32.1. The van der Waals surface area contributed by atoms with Gasteiger partial charge in [0.2, 0.25) is 0 Å². The predicted octanol–water partition coefficient (Wildman–Crippen LogP) is 2.55. The first-order valence-corrected chi connectivity index (χ1v) is 9.18. The van der Waals surface area contributed by atoms with Gasteiger partial charge in [0.15, 0.2) is 5.96 Å². The average Bonchev–Trinajstić information content (AvgIpc) is 3.10. The summed E-state index contributed by atoms with van der Waals surface area (Å²) >= 11 is 1.76.